The molecule has 2 aromatic rings. The van der Waals surface area contributed by atoms with E-state index in [4.69, 9.17) is 11.6 Å². The minimum absolute atomic E-state index is 0.147. The molecule has 158 valence electrons. The predicted molar refractivity (Wildman–Crippen MR) is 97.5 cm³/mol. The maximum Gasteiger partial charge on any atom is 0.431 e. The van der Waals surface area contributed by atoms with E-state index in [2.05, 4.69) is 0 Å². The summed E-state index contributed by atoms with van der Waals surface area (Å²) in [6, 6.07) is 1.65. The highest BCUT2D eigenvalue weighted by Crippen LogP contribution is 2.34. The molecule has 0 saturated carbocycles. The standard InChI is InChI=1S/C17H16ClF4N3O4/c1-16(2,3)25(15(28)29)10-6-11(9(19)5-8(10)18)24-13(26)7-12(17(20,21)22)23(4)14(24)27/h5-7H,1-4H3,(H,28,29). The fourth-order valence-corrected chi connectivity index (χ4v) is 2.97. The van der Waals surface area contributed by atoms with Crippen LogP contribution in [0.3, 0.4) is 0 Å². The van der Waals surface area contributed by atoms with Gasteiger partial charge in [0.2, 0.25) is 0 Å². The summed E-state index contributed by atoms with van der Waals surface area (Å²) >= 11 is 5.97. The van der Waals surface area contributed by atoms with Gasteiger partial charge in [-0.15, -0.1) is 0 Å². The second kappa shape index (κ2) is 7.21. The van der Waals surface area contributed by atoms with Gasteiger partial charge >= 0.3 is 18.0 Å². The highest BCUT2D eigenvalue weighted by molar-refractivity contribution is 6.33. The van der Waals surface area contributed by atoms with Crippen LogP contribution in [-0.2, 0) is 13.2 Å². The number of benzene rings is 1. The summed E-state index contributed by atoms with van der Waals surface area (Å²) in [6.45, 7) is 4.55. The van der Waals surface area contributed by atoms with Crippen LogP contribution in [0.4, 0.5) is 28.0 Å². The van der Waals surface area contributed by atoms with E-state index < -0.39 is 46.3 Å². The molecule has 0 unspecified atom stereocenters. The zero-order valence-corrected chi connectivity index (χ0v) is 16.4. The van der Waals surface area contributed by atoms with Gasteiger partial charge in [0.15, 0.2) is 0 Å². The molecule has 1 heterocycles. The van der Waals surface area contributed by atoms with Gasteiger partial charge in [-0.05, 0) is 32.9 Å². The molecule has 12 heteroatoms. The van der Waals surface area contributed by atoms with Gasteiger partial charge in [-0.2, -0.15) is 13.2 Å². The summed E-state index contributed by atoms with van der Waals surface area (Å²) < 4.78 is 53.8. The largest absolute Gasteiger partial charge is 0.465 e. The predicted octanol–water partition coefficient (Wildman–Crippen LogP) is 3.63. The Bertz CT molecular complexity index is 1100. The highest BCUT2D eigenvalue weighted by atomic mass is 35.5. The zero-order chi connectivity index (χ0) is 22.5. The first kappa shape index (κ1) is 22.5. The van der Waals surface area contributed by atoms with Crippen LogP contribution < -0.4 is 16.1 Å². The molecule has 0 aliphatic rings. The molecule has 7 nitrogen and oxygen atoms in total. The maximum atomic E-state index is 14.5. The molecule has 0 aliphatic carbocycles. The van der Waals surface area contributed by atoms with Crippen LogP contribution in [0, 0.1) is 5.82 Å². The third-order valence-electron chi connectivity index (χ3n) is 3.97. The molecule has 1 aromatic heterocycles. The van der Waals surface area contributed by atoms with Gasteiger partial charge in [0.05, 0.1) is 16.4 Å². The van der Waals surface area contributed by atoms with E-state index >= 15 is 0 Å². The number of amides is 1. The maximum absolute atomic E-state index is 14.5. The molecule has 0 aliphatic heterocycles. The van der Waals surface area contributed by atoms with Crippen molar-refractivity contribution >= 4 is 23.4 Å². The number of anilines is 1. The number of aromatic nitrogens is 2. The smallest absolute Gasteiger partial charge is 0.431 e. The Morgan fingerprint density at radius 3 is 2.14 bits per heavy atom. The van der Waals surface area contributed by atoms with Gasteiger partial charge in [0.1, 0.15) is 11.5 Å². The molecular formula is C17H16ClF4N3O4. The Morgan fingerprint density at radius 2 is 1.69 bits per heavy atom. The van der Waals surface area contributed by atoms with Crippen molar-refractivity contribution in [2.24, 2.45) is 7.05 Å². The third kappa shape index (κ3) is 4.14. The second-order valence-electron chi connectivity index (χ2n) is 7.09. The molecular weight excluding hydrogens is 422 g/mol. The Hall–Kier alpha value is -2.82. The summed E-state index contributed by atoms with van der Waals surface area (Å²) in [6.07, 6.45) is -6.44. The van der Waals surface area contributed by atoms with Gasteiger partial charge in [-0.1, -0.05) is 11.6 Å². The van der Waals surface area contributed by atoms with Gasteiger partial charge in [-0.25, -0.2) is 18.5 Å². The van der Waals surface area contributed by atoms with E-state index in [-0.39, 0.29) is 25.9 Å². The fraction of sp³-hybridized carbons (Fsp3) is 0.353. The van der Waals surface area contributed by atoms with Crippen LogP contribution in [0.5, 0.6) is 0 Å². The summed E-state index contributed by atoms with van der Waals surface area (Å²) in [5, 5.41) is 9.18. The van der Waals surface area contributed by atoms with E-state index in [0.717, 1.165) is 18.0 Å². The van der Waals surface area contributed by atoms with Crippen molar-refractivity contribution in [2.75, 3.05) is 4.90 Å². The van der Waals surface area contributed by atoms with E-state index in [0.29, 0.717) is 6.07 Å². The first-order valence-electron chi connectivity index (χ1n) is 8.00. The monoisotopic (exact) mass is 437 g/mol. The number of hydrogen-bond acceptors (Lipinski definition) is 3. The normalized spacial score (nSPS) is 12.2. The molecule has 0 bridgehead atoms. The van der Waals surface area contributed by atoms with E-state index in [9.17, 15) is 37.1 Å². The van der Waals surface area contributed by atoms with Crippen molar-refractivity contribution in [3.05, 3.63) is 55.6 Å². The Balaban J connectivity index is 2.88. The summed E-state index contributed by atoms with van der Waals surface area (Å²) in [5.74, 6) is -1.20. The van der Waals surface area contributed by atoms with Crippen LogP contribution in [0.1, 0.15) is 26.5 Å². The van der Waals surface area contributed by atoms with Gasteiger partial charge in [-0.3, -0.25) is 14.3 Å². The minimum Gasteiger partial charge on any atom is -0.465 e. The molecule has 1 aromatic carbocycles. The average molecular weight is 438 g/mol. The number of hydrogen-bond donors (Lipinski definition) is 1. The zero-order valence-electron chi connectivity index (χ0n) is 15.6. The van der Waals surface area contributed by atoms with Crippen molar-refractivity contribution in [3.63, 3.8) is 0 Å². The average Bonchev–Trinajstić information content (AvgIpc) is 2.52. The molecule has 0 radical (unpaired) electrons. The topological polar surface area (TPSA) is 84.5 Å². The van der Waals surface area contributed by atoms with Crippen LogP contribution >= 0.6 is 11.6 Å². The highest BCUT2D eigenvalue weighted by Gasteiger charge is 2.36. The summed E-state index contributed by atoms with van der Waals surface area (Å²) in [4.78, 5) is 37.1. The SMILES string of the molecule is Cn1c(C(F)(F)F)cc(=O)n(-c2cc(N(C(=O)O)C(C)(C)C)c(Cl)cc2F)c1=O. The third-order valence-corrected chi connectivity index (χ3v) is 4.27. The molecule has 1 N–H and O–H groups in total. The fourth-order valence-electron chi connectivity index (χ4n) is 2.74. The van der Waals surface area contributed by atoms with Crippen molar-refractivity contribution in [1.82, 2.24) is 9.13 Å². The van der Waals surface area contributed by atoms with Gasteiger partial charge in [0, 0.05) is 18.7 Å². The number of carbonyl (C=O) groups is 1. The Morgan fingerprint density at radius 1 is 1.14 bits per heavy atom. The summed E-state index contributed by atoms with van der Waals surface area (Å²) in [7, 11) is 0.772. The number of halogens is 5. The van der Waals surface area contributed by atoms with Crippen LogP contribution in [-0.4, -0.2) is 25.9 Å². The molecule has 0 saturated heterocycles. The number of nitrogens with zero attached hydrogens (tertiary/aromatic N) is 3. The minimum atomic E-state index is -4.98. The lowest BCUT2D eigenvalue weighted by Crippen LogP contribution is -2.45. The summed E-state index contributed by atoms with van der Waals surface area (Å²) in [5.41, 5.74) is -6.46. The lowest BCUT2D eigenvalue weighted by atomic mass is 10.1. The molecule has 0 atom stereocenters. The van der Waals surface area contributed by atoms with Gasteiger partial charge < -0.3 is 5.11 Å². The molecule has 29 heavy (non-hydrogen) atoms. The van der Waals surface area contributed by atoms with Crippen molar-refractivity contribution < 1.29 is 27.5 Å². The Kier molecular flexibility index (Phi) is 5.59. The van der Waals surface area contributed by atoms with Crippen molar-refractivity contribution in [1.29, 1.82) is 0 Å². The number of carboxylic acid groups (broad SMARTS) is 1. The first-order valence-corrected chi connectivity index (χ1v) is 8.38. The molecule has 0 fully saturated rings. The van der Waals surface area contributed by atoms with E-state index in [1.165, 1.54) is 20.8 Å². The number of rotatable bonds is 2. The van der Waals surface area contributed by atoms with E-state index in [1.54, 1.807) is 0 Å². The van der Waals surface area contributed by atoms with E-state index in [1.807, 2.05) is 0 Å². The molecule has 1 amide bonds. The van der Waals surface area contributed by atoms with Crippen LogP contribution in [0.2, 0.25) is 5.02 Å². The Labute approximate surface area is 166 Å². The lowest BCUT2D eigenvalue weighted by Gasteiger charge is -2.34. The second-order valence-corrected chi connectivity index (χ2v) is 7.49. The first-order chi connectivity index (χ1) is 13.1. The van der Waals surface area contributed by atoms with Crippen molar-refractivity contribution in [3.8, 4) is 5.69 Å². The number of alkyl halides is 3. The molecule has 2 rings (SSSR count). The quantitative estimate of drug-likeness (QED) is 0.727. The van der Waals surface area contributed by atoms with Gasteiger partial charge in [0.25, 0.3) is 5.56 Å². The van der Waals surface area contributed by atoms with Crippen molar-refractivity contribution in [2.45, 2.75) is 32.5 Å². The lowest BCUT2D eigenvalue weighted by molar-refractivity contribution is -0.144. The van der Waals surface area contributed by atoms with Crippen LogP contribution in [0.15, 0.2) is 27.8 Å². The van der Waals surface area contributed by atoms with Crippen LogP contribution in [0.25, 0.3) is 5.69 Å². The molecule has 0 spiro atoms.